The van der Waals surface area contributed by atoms with Crippen LogP contribution in [0.3, 0.4) is 0 Å². The summed E-state index contributed by atoms with van der Waals surface area (Å²) >= 11 is 0. The van der Waals surface area contributed by atoms with Gasteiger partial charge in [0.1, 0.15) is 5.78 Å². The minimum Gasteiger partial charge on any atom is -0.384 e. The molecule has 1 amide bonds. The second-order valence-electron chi connectivity index (χ2n) is 6.94. The molecule has 3 unspecified atom stereocenters. The molecule has 0 aromatic heterocycles. The largest absolute Gasteiger partial charge is 0.384 e. The van der Waals surface area contributed by atoms with Crippen molar-refractivity contribution >= 4 is 11.7 Å². The fourth-order valence-electron chi connectivity index (χ4n) is 1.97. The van der Waals surface area contributed by atoms with Gasteiger partial charge in [0.2, 0.25) is 5.91 Å². The van der Waals surface area contributed by atoms with Gasteiger partial charge in [0, 0.05) is 30.3 Å². The molecule has 0 aromatic carbocycles. The van der Waals surface area contributed by atoms with Crippen molar-refractivity contribution < 1.29 is 9.59 Å². The van der Waals surface area contributed by atoms with Crippen LogP contribution in [0.4, 0.5) is 0 Å². The summed E-state index contributed by atoms with van der Waals surface area (Å²) in [6.45, 7) is 20.0. The standard InChI is InChI=1S/C19H35N3O2/c1-12(2)14(4)20-15(5)16(6)21-17(7)18(8)22-19(24)11-9-10-13(3)23/h12,14,16,18,20-21H,5,7,9-11H2,1-4,6,8H3,(H,22,24). The molecule has 0 aromatic rings. The van der Waals surface area contributed by atoms with Crippen LogP contribution in [0.1, 0.15) is 60.8 Å². The quantitative estimate of drug-likeness (QED) is 0.512. The Morgan fingerprint density at radius 1 is 0.833 bits per heavy atom. The molecule has 0 heterocycles. The highest BCUT2D eigenvalue weighted by molar-refractivity contribution is 5.79. The van der Waals surface area contributed by atoms with Crippen LogP contribution in [-0.4, -0.2) is 29.8 Å². The first-order chi connectivity index (χ1) is 11.0. The first kappa shape index (κ1) is 22.2. The first-order valence-corrected chi connectivity index (χ1v) is 8.74. The maximum absolute atomic E-state index is 11.9. The second-order valence-corrected chi connectivity index (χ2v) is 6.94. The number of hydrogen-bond acceptors (Lipinski definition) is 4. The zero-order chi connectivity index (χ0) is 18.9. The Labute approximate surface area is 147 Å². The van der Waals surface area contributed by atoms with Gasteiger partial charge >= 0.3 is 0 Å². The molecular formula is C19H35N3O2. The number of amides is 1. The molecule has 5 heteroatoms. The number of ketones is 1. The Bertz CT molecular complexity index is 458. The summed E-state index contributed by atoms with van der Waals surface area (Å²) in [4.78, 5) is 22.7. The first-order valence-electron chi connectivity index (χ1n) is 8.74. The lowest BCUT2D eigenvalue weighted by Crippen LogP contribution is -2.43. The van der Waals surface area contributed by atoms with Crippen LogP contribution < -0.4 is 16.0 Å². The molecule has 24 heavy (non-hydrogen) atoms. The van der Waals surface area contributed by atoms with Crippen molar-refractivity contribution in [1.82, 2.24) is 16.0 Å². The Balaban J connectivity index is 4.26. The van der Waals surface area contributed by atoms with Crippen LogP contribution in [0.15, 0.2) is 24.6 Å². The van der Waals surface area contributed by atoms with E-state index in [1.54, 1.807) is 0 Å². The van der Waals surface area contributed by atoms with Crippen LogP contribution >= 0.6 is 0 Å². The Hall–Kier alpha value is -1.78. The lowest BCUT2D eigenvalue weighted by molar-refractivity contribution is -0.121. The van der Waals surface area contributed by atoms with E-state index in [4.69, 9.17) is 0 Å². The monoisotopic (exact) mass is 337 g/mol. The van der Waals surface area contributed by atoms with Crippen molar-refractivity contribution in [3.05, 3.63) is 24.6 Å². The van der Waals surface area contributed by atoms with Crippen LogP contribution in [0.25, 0.3) is 0 Å². The molecular weight excluding hydrogens is 302 g/mol. The highest BCUT2D eigenvalue weighted by Crippen LogP contribution is 2.07. The number of hydrogen-bond donors (Lipinski definition) is 3. The third kappa shape index (κ3) is 9.38. The normalized spacial score (nSPS) is 14.5. The van der Waals surface area contributed by atoms with Crippen molar-refractivity contribution in [3.63, 3.8) is 0 Å². The van der Waals surface area contributed by atoms with E-state index >= 15 is 0 Å². The van der Waals surface area contributed by atoms with E-state index in [-0.39, 0.29) is 23.8 Å². The molecule has 0 aliphatic heterocycles. The zero-order valence-corrected chi connectivity index (χ0v) is 16.2. The van der Waals surface area contributed by atoms with Gasteiger partial charge in [-0.15, -0.1) is 0 Å². The maximum Gasteiger partial charge on any atom is 0.220 e. The molecule has 0 spiro atoms. The van der Waals surface area contributed by atoms with E-state index in [0.717, 1.165) is 11.4 Å². The fraction of sp³-hybridized carbons (Fsp3) is 0.684. The van der Waals surface area contributed by atoms with Gasteiger partial charge in [-0.3, -0.25) is 4.79 Å². The summed E-state index contributed by atoms with van der Waals surface area (Å²) in [7, 11) is 0. The highest BCUT2D eigenvalue weighted by atomic mass is 16.1. The molecule has 0 radical (unpaired) electrons. The van der Waals surface area contributed by atoms with Gasteiger partial charge in [-0.25, -0.2) is 0 Å². The van der Waals surface area contributed by atoms with Crippen LogP contribution in [0.2, 0.25) is 0 Å². The van der Waals surface area contributed by atoms with Gasteiger partial charge < -0.3 is 20.7 Å². The van der Waals surface area contributed by atoms with E-state index in [0.29, 0.717) is 31.2 Å². The van der Waals surface area contributed by atoms with E-state index in [9.17, 15) is 9.59 Å². The predicted octanol–water partition coefficient (Wildman–Crippen LogP) is 2.89. The molecule has 0 rings (SSSR count). The Morgan fingerprint density at radius 2 is 1.33 bits per heavy atom. The van der Waals surface area contributed by atoms with Gasteiger partial charge in [0.15, 0.2) is 0 Å². The van der Waals surface area contributed by atoms with E-state index < -0.39 is 0 Å². The van der Waals surface area contributed by atoms with Gasteiger partial charge in [0.25, 0.3) is 0 Å². The SMILES string of the molecule is C=C(NC(C)C(C)C)C(C)NC(=C)C(C)NC(=O)CCCC(C)=O. The summed E-state index contributed by atoms with van der Waals surface area (Å²) in [5.41, 5.74) is 1.64. The predicted molar refractivity (Wildman–Crippen MR) is 100 cm³/mol. The molecule has 0 fully saturated rings. The summed E-state index contributed by atoms with van der Waals surface area (Å²) in [6, 6.07) is 0.164. The second kappa shape index (κ2) is 10.9. The number of rotatable bonds is 12. The zero-order valence-electron chi connectivity index (χ0n) is 16.2. The molecule has 138 valence electrons. The average molecular weight is 338 g/mol. The summed E-state index contributed by atoms with van der Waals surface area (Å²) in [6.07, 6.45) is 1.38. The van der Waals surface area contributed by atoms with Crippen molar-refractivity contribution in [1.29, 1.82) is 0 Å². The number of Topliss-reactive ketones (excluding diaryl/α,β-unsaturated/α-hetero) is 1. The Kier molecular flexibility index (Phi) is 10.1. The third-order valence-corrected chi connectivity index (χ3v) is 4.17. The topological polar surface area (TPSA) is 70.2 Å². The molecule has 0 bridgehead atoms. The molecule has 0 aliphatic rings. The van der Waals surface area contributed by atoms with Crippen LogP contribution in [0.5, 0.6) is 0 Å². The van der Waals surface area contributed by atoms with Crippen LogP contribution in [-0.2, 0) is 9.59 Å². The molecule has 3 N–H and O–H groups in total. The smallest absolute Gasteiger partial charge is 0.220 e. The van der Waals surface area contributed by atoms with Gasteiger partial charge in [-0.05, 0) is 40.0 Å². The lowest BCUT2D eigenvalue weighted by atomic mass is 10.1. The number of carbonyl (C=O) groups excluding carboxylic acids is 2. The minimum absolute atomic E-state index is 0.00997. The van der Waals surface area contributed by atoms with E-state index in [1.807, 2.05) is 13.8 Å². The van der Waals surface area contributed by atoms with Gasteiger partial charge in [-0.1, -0.05) is 27.0 Å². The summed E-state index contributed by atoms with van der Waals surface area (Å²) < 4.78 is 0. The number of carbonyl (C=O) groups is 2. The van der Waals surface area contributed by atoms with Crippen LogP contribution in [0, 0.1) is 5.92 Å². The van der Waals surface area contributed by atoms with Crippen molar-refractivity contribution in [2.75, 3.05) is 0 Å². The van der Waals surface area contributed by atoms with E-state index in [2.05, 4.69) is 49.9 Å². The Morgan fingerprint density at radius 3 is 1.83 bits per heavy atom. The van der Waals surface area contributed by atoms with Gasteiger partial charge in [-0.2, -0.15) is 0 Å². The molecule has 0 aliphatic carbocycles. The molecule has 0 saturated heterocycles. The summed E-state index contributed by atoms with van der Waals surface area (Å²) in [5.74, 6) is 0.562. The minimum atomic E-state index is -0.187. The number of nitrogens with one attached hydrogen (secondary N) is 3. The summed E-state index contributed by atoms with van der Waals surface area (Å²) in [5, 5.41) is 9.56. The highest BCUT2D eigenvalue weighted by Gasteiger charge is 2.16. The molecule has 3 atom stereocenters. The molecule has 0 saturated carbocycles. The maximum atomic E-state index is 11.9. The fourth-order valence-corrected chi connectivity index (χ4v) is 1.97. The van der Waals surface area contributed by atoms with Crippen molar-refractivity contribution in [3.8, 4) is 0 Å². The van der Waals surface area contributed by atoms with Crippen molar-refractivity contribution in [2.45, 2.75) is 78.9 Å². The third-order valence-electron chi connectivity index (χ3n) is 4.17. The van der Waals surface area contributed by atoms with Gasteiger partial charge in [0.05, 0.1) is 12.1 Å². The van der Waals surface area contributed by atoms with Crippen molar-refractivity contribution in [2.24, 2.45) is 5.92 Å². The molecule has 5 nitrogen and oxygen atoms in total. The van der Waals surface area contributed by atoms with E-state index in [1.165, 1.54) is 6.92 Å². The lowest BCUT2D eigenvalue weighted by Gasteiger charge is -2.27. The average Bonchev–Trinajstić information content (AvgIpc) is 2.46.